The lowest BCUT2D eigenvalue weighted by Crippen LogP contribution is -2.39. The van der Waals surface area contributed by atoms with Crippen LogP contribution in [0.4, 0.5) is 0 Å². The fourth-order valence-electron chi connectivity index (χ4n) is 2.02. The number of hydrogen-bond acceptors (Lipinski definition) is 5. The number of nitrogens with two attached hydrogens (primary N) is 1. The monoisotopic (exact) mass is 314 g/mol. The Hall–Kier alpha value is -1.02. The molecule has 0 spiro atoms. The SMILES string of the molecule is NC(=S)c1ccc(S(=O)(=O)CCN2CCOCC2)cc1. The fourth-order valence-corrected chi connectivity index (χ4v) is 3.44. The standard InChI is InChI=1S/C13H18N2O3S2/c14-13(19)11-1-3-12(4-2-11)20(16,17)10-7-15-5-8-18-9-6-15/h1-4H,5-10H2,(H2,14,19). The van der Waals surface area contributed by atoms with Crippen molar-refractivity contribution in [3.05, 3.63) is 29.8 Å². The normalized spacial score (nSPS) is 17.0. The van der Waals surface area contributed by atoms with Gasteiger partial charge in [0.25, 0.3) is 0 Å². The van der Waals surface area contributed by atoms with Crippen LogP contribution in [0.25, 0.3) is 0 Å². The van der Waals surface area contributed by atoms with Crippen LogP contribution in [0.3, 0.4) is 0 Å². The van der Waals surface area contributed by atoms with Crippen molar-refractivity contribution in [2.75, 3.05) is 38.6 Å². The molecule has 0 radical (unpaired) electrons. The Bertz CT molecular complexity index is 564. The van der Waals surface area contributed by atoms with Gasteiger partial charge in [-0.1, -0.05) is 24.4 Å². The van der Waals surface area contributed by atoms with Gasteiger partial charge in [0, 0.05) is 25.2 Å². The Kier molecular flexibility index (Phi) is 5.09. The summed E-state index contributed by atoms with van der Waals surface area (Å²) >= 11 is 4.85. The Morgan fingerprint density at radius 1 is 1.25 bits per heavy atom. The molecule has 1 fully saturated rings. The third kappa shape index (κ3) is 3.99. The molecule has 5 nitrogen and oxygen atoms in total. The molecule has 1 saturated heterocycles. The molecular weight excluding hydrogens is 296 g/mol. The lowest BCUT2D eigenvalue weighted by molar-refractivity contribution is 0.0408. The maximum absolute atomic E-state index is 12.2. The highest BCUT2D eigenvalue weighted by molar-refractivity contribution is 7.91. The number of morpholine rings is 1. The Morgan fingerprint density at radius 2 is 1.85 bits per heavy atom. The maximum atomic E-state index is 12.2. The van der Waals surface area contributed by atoms with Gasteiger partial charge in [0.15, 0.2) is 9.84 Å². The third-order valence-corrected chi connectivity index (χ3v) is 5.22. The molecule has 0 atom stereocenters. The predicted octanol–water partition coefficient (Wildman–Crippen LogP) is 0.427. The van der Waals surface area contributed by atoms with E-state index in [0.717, 1.165) is 13.1 Å². The summed E-state index contributed by atoms with van der Waals surface area (Å²) in [6.45, 7) is 3.44. The first-order chi connectivity index (χ1) is 9.49. The average Bonchev–Trinajstić information content (AvgIpc) is 2.46. The van der Waals surface area contributed by atoms with Crippen LogP contribution in [-0.2, 0) is 14.6 Å². The van der Waals surface area contributed by atoms with E-state index in [1.165, 1.54) is 0 Å². The van der Waals surface area contributed by atoms with E-state index in [9.17, 15) is 8.42 Å². The van der Waals surface area contributed by atoms with E-state index in [4.69, 9.17) is 22.7 Å². The fraction of sp³-hybridized carbons (Fsp3) is 0.462. The van der Waals surface area contributed by atoms with E-state index in [1.54, 1.807) is 24.3 Å². The number of hydrogen-bond donors (Lipinski definition) is 1. The lowest BCUT2D eigenvalue weighted by Gasteiger charge is -2.26. The van der Waals surface area contributed by atoms with Gasteiger partial charge in [-0.3, -0.25) is 4.90 Å². The highest BCUT2D eigenvalue weighted by Crippen LogP contribution is 2.13. The van der Waals surface area contributed by atoms with E-state index >= 15 is 0 Å². The van der Waals surface area contributed by atoms with Crippen LogP contribution in [0.15, 0.2) is 29.2 Å². The largest absolute Gasteiger partial charge is 0.389 e. The zero-order chi connectivity index (χ0) is 14.6. The second-order valence-electron chi connectivity index (χ2n) is 4.66. The Morgan fingerprint density at radius 3 is 2.40 bits per heavy atom. The van der Waals surface area contributed by atoms with E-state index in [1.807, 2.05) is 0 Å². The maximum Gasteiger partial charge on any atom is 0.179 e. The highest BCUT2D eigenvalue weighted by Gasteiger charge is 2.18. The second-order valence-corrected chi connectivity index (χ2v) is 7.21. The molecule has 0 unspecified atom stereocenters. The summed E-state index contributed by atoms with van der Waals surface area (Å²) < 4.78 is 29.7. The van der Waals surface area contributed by atoms with Crippen molar-refractivity contribution in [3.8, 4) is 0 Å². The summed E-state index contributed by atoms with van der Waals surface area (Å²) in [6.07, 6.45) is 0. The summed E-state index contributed by atoms with van der Waals surface area (Å²) in [7, 11) is -3.27. The molecule has 1 aliphatic rings. The Labute approximate surface area is 124 Å². The summed E-state index contributed by atoms with van der Waals surface area (Å²) in [5, 5.41) is 0. The van der Waals surface area contributed by atoms with Gasteiger partial charge < -0.3 is 10.5 Å². The molecule has 110 valence electrons. The molecule has 0 bridgehead atoms. The van der Waals surface area contributed by atoms with Crippen molar-refractivity contribution in [3.63, 3.8) is 0 Å². The number of benzene rings is 1. The minimum atomic E-state index is -3.27. The van der Waals surface area contributed by atoms with Gasteiger partial charge >= 0.3 is 0 Å². The molecule has 0 saturated carbocycles. The minimum Gasteiger partial charge on any atom is -0.389 e. The molecule has 2 N–H and O–H groups in total. The first-order valence-corrected chi connectivity index (χ1v) is 8.48. The van der Waals surface area contributed by atoms with Gasteiger partial charge in [-0.15, -0.1) is 0 Å². The van der Waals surface area contributed by atoms with Gasteiger partial charge in [0.1, 0.15) is 4.99 Å². The van der Waals surface area contributed by atoms with Gasteiger partial charge in [-0.25, -0.2) is 8.42 Å². The van der Waals surface area contributed by atoms with Crippen LogP contribution in [-0.4, -0.2) is 56.9 Å². The van der Waals surface area contributed by atoms with Gasteiger partial charge in [0.05, 0.1) is 23.9 Å². The topological polar surface area (TPSA) is 72.6 Å². The Balaban J connectivity index is 2.00. The summed E-state index contributed by atoms with van der Waals surface area (Å²) in [5.41, 5.74) is 6.17. The zero-order valence-electron chi connectivity index (χ0n) is 11.1. The summed E-state index contributed by atoms with van der Waals surface area (Å²) in [4.78, 5) is 2.68. The van der Waals surface area contributed by atoms with Crippen LogP contribution in [0, 0.1) is 0 Å². The lowest BCUT2D eigenvalue weighted by atomic mass is 10.2. The van der Waals surface area contributed by atoms with Gasteiger partial charge in [-0.2, -0.15) is 0 Å². The van der Waals surface area contributed by atoms with E-state index in [2.05, 4.69) is 4.90 Å². The van der Waals surface area contributed by atoms with Gasteiger partial charge in [0.2, 0.25) is 0 Å². The second kappa shape index (κ2) is 6.62. The first-order valence-electron chi connectivity index (χ1n) is 6.42. The van der Waals surface area contributed by atoms with Crippen molar-refractivity contribution in [1.29, 1.82) is 0 Å². The van der Waals surface area contributed by atoms with Crippen LogP contribution in [0.5, 0.6) is 0 Å². The van der Waals surface area contributed by atoms with Crippen LogP contribution in [0.2, 0.25) is 0 Å². The third-order valence-electron chi connectivity index (χ3n) is 3.28. The zero-order valence-corrected chi connectivity index (χ0v) is 12.8. The number of rotatable bonds is 5. The van der Waals surface area contributed by atoms with Gasteiger partial charge in [-0.05, 0) is 12.1 Å². The predicted molar refractivity (Wildman–Crippen MR) is 81.6 cm³/mol. The average molecular weight is 314 g/mol. The van der Waals surface area contributed by atoms with Crippen molar-refractivity contribution in [1.82, 2.24) is 4.90 Å². The van der Waals surface area contributed by atoms with Crippen molar-refractivity contribution in [2.45, 2.75) is 4.90 Å². The van der Waals surface area contributed by atoms with Crippen molar-refractivity contribution < 1.29 is 13.2 Å². The first kappa shape index (κ1) is 15.4. The molecule has 7 heteroatoms. The highest BCUT2D eigenvalue weighted by atomic mass is 32.2. The van der Waals surface area contributed by atoms with Crippen LogP contribution < -0.4 is 5.73 Å². The van der Waals surface area contributed by atoms with E-state index in [0.29, 0.717) is 30.2 Å². The van der Waals surface area contributed by atoms with E-state index in [-0.39, 0.29) is 10.7 Å². The summed E-state index contributed by atoms with van der Waals surface area (Å²) in [6, 6.07) is 6.40. The van der Waals surface area contributed by atoms with E-state index < -0.39 is 9.84 Å². The molecule has 1 aromatic carbocycles. The van der Waals surface area contributed by atoms with Crippen LogP contribution in [0.1, 0.15) is 5.56 Å². The number of ether oxygens (including phenoxy) is 1. The summed E-state index contributed by atoms with van der Waals surface area (Å²) in [5.74, 6) is 0.111. The molecule has 20 heavy (non-hydrogen) atoms. The smallest absolute Gasteiger partial charge is 0.179 e. The molecule has 0 aliphatic carbocycles. The molecule has 1 aromatic rings. The van der Waals surface area contributed by atoms with Crippen LogP contribution >= 0.6 is 12.2 Å². The molecule has 2 rings (SSSR count). The minimum absolute atomic E-state index is 0.111. The number of thiocarbonyl (C=S) groups is 1. The molecular formula is C13H18N2O3S2. The van der Waals surface area contributed by atoms with Crippen molar-refractivity contribution in [2.24, 2.45) is 5.73 Å². The number of sulfone groups is 1. The molecule has 1 heterocycles. The number of nitrogens with zero attached hydrogens (tertiary/aromatic N) is 1. The molecule has 0 aromatic heterocycles. The molecule has 0 amide bonds. The van der Waals surface area contributed by atoms with Crippen molar-refractivity contribution >= 4 is 27.0 Å². The molecule has 1 aliphatic heterocycles. The quantitative estimate of drug-likeness (QED) is 0.795.